The first-order valence-corrected chi connectivity index (χ1v) is 7.13. The molecule has 7 heteroatoms. The maximum Gasteiger partial charge on any atom is 0.335 e. The van der Waals surface area contributed by atoms with Crippen molar-refractivity contribution in [1.29, 1.82) is 0 Å². The summed E-state index contributed by atoms with van der Waals surface area (Å²) >= 11 is 0. The minimum atomic E-state index is -1.12. The molecule has 0 saturated heterocycles. The Kier molecular flexibility index (Phi) is 5.48. The second kappa shape index (κ2) is 7.55. The van der Waals surface area contributed by atoms with Crippen LogP contribution in [0, 0.1) is 0 Å². The predicted molar refractivity (Wildman–Crippen MR) is 81.4 cm³/mol. The third-order valence-corrected chi connectivity index (χ3v) is 3.25. The highest BCUT2D eigenvalue weighted by Crippen LogP contribution is 2.18. The molecule has 0 saturated carbocycles. The molecule has 0 spiro atoms. The van der Waals surface area contributed by atoms with E-state index in [-0.39, 0.29) is 17.9 Å². The molecule has 2 N–H and O–H groups in total. The molecule has 122 valence electrons. The predicted octanol–water partition coefficient (Wildman–Crippen LogP) is 2.05. The number of carboxylic acids is 1. The number of carbonyl (C=O) groups excluding carboxylic acids is 1. The van der Waals surface area contributed by atoms with Gasteiger partial charge in [0.1, 0.15) is 23.3 Å². The highest BCUT2D eigenvalue weighted by atomic mass is 16.5. The van der Waals surface area contributed by atoms with E-state index in [1.54, 1.807) is 6.07 Å². The Bertz CT molecular complexity index is 695. The van der Waals surface area contributed by atoms with Crippen molar-refractivity contribution in [2.24, 2.45) is 0 Å². The number of aromatic nitrogens is 1. The van der Waals surface area contributed by atoms with Crippen LogP contribution in [-0.2, 0) is 11.2 Å². The van der Waals surface area contributed by atoms with E-state index in [0.29, 0.717) is 5.76 Å². The van der Waals surface area contributed by atoms with Gasteiger partial charge in [0.05, 0.1) is 12.2 Å². The highest BCUT2D eigenvalue weighted by Gasteiger charge is 2.20. The van der Waals surface area contributed by atoms with Crippen molar-refractivity contribution in [3.05, 3.63) is 53.2 Å². The van der Waals surface area contributed by atoms with Crippen LogP contribution in [-0.4, -0.2) is 35.7 Å². The van der Waals surface area contributed by atoms with Crippen LogP contribution in [0.2, 0.25) is 0 Å². The molecule has 2 heterocycles. The summed E-state index contributed by atoms with van der Waals surface area (Å²) in [6.45, 7) is 2.19. The normalized spacial score (nSPS) is 11.9. The fourth-order valence-corrected chi connectivity index (χ4v) is 2.05. The first-order chi connectivity index (χ1) is 11.0. The van der Waals surface area contributed by atoms with Crippen LogP contribution in [0.4, 0.5) is 0 Å². The molecule has 0 radical (unpaired) electrons. The first-order valence-electron chi connectivity index (χ1n) is 7.13. The van der Waals surface area contributed by atoms with Crippen LogP contribution in [0.3, 0.4) is 0 Å². The number of carboxylic acid groups (broad SMARTS) is 1. The smallest absolute Gasteiger partial charge is 0.335 e. The molecule has 23 heavy (non-hydrogen) atoms. The molecular formula is C16H18N2O5. The number of rotatable bonds is 7. The summed E-state index contributed by atoms with van der Waals surface area (Å²) < 4.78 is 10.7. The molecule has 1 unspecified atom stereocenters. The lowest BCUT2D eigenvalue weighted by Gasteiger charge is -2.15. The fourth-order valence-electron chi connectivity index (χ4n) is 2.05. The van der Waals surface area contributed by atoms with Gasteiger partial charge in [0.2, 0.25) is 0 Å². The van der Waals surface area contributed by atoms with Crippen LogP contribution in [0.25, 0.3) is 0 Å². The number of carbonyl (C=O) groups is 2. The largest absolute Gasteiger partial charge is 0.478 e. The molecule has 1 amide bonds. The summed E-state index contributed by atoms with van der Waals surface area (Å²) in [5.74, 6) is -0.231. The SMILES string of the molecule is CCc1ccc(C(COC)NC(=O)c2cc(C(=O)O)ccn2)o1. The third kappa shape index (κ3) is 4.17. The van der Waals surface area contributed by atoms with Gasteiger partial charge in [-0.3, -0.25) is 9.78 Å². The zero-order valence-electron chi connectivity index (χ0n) is 12.9. The topological polar surface area (TPSA) is 102 Å². The molecule has 7 nitrogen and oxygen atoms in total. The monoisotopic (exact) mass is 318 g/mol. The van der Waals surface area contributed by atoms with E-state index in [9.17, 15) is 9.59 Å². The van der Waals surface area contributed by atoms with Gasteiger partial charge in [0.25, 0.3) is 5.91 Å². The number of ether oxygens (including phenoxy) is 1. The summed E-state index contributed by atoms with van der Waals surface area (Å²) in [6, 6.07) is 5.69. The van der Waals surface area contributed by atoms with Crippen molar-refractivity contribution >= 4 is 11.9 Å². The summed E-state index contributed by atoms with van der Waals surface area (Å²) in [5.41, 5.74) is 0.0213. The van der Waals surface area contributed by atoms with E-state index in [1.807, 2.05) is 13.0 Å². The first kappa shape index (κ1) is 16.7. The number of pyridine rings is 1. The second-order valence-corrected chi connectivity index (χ2v) is 4.87. The Balaban J connectivity index is 2.17. The zero-order chi connectivity index (χ0) is 16.8. The standard InChI is InChI=1S/C16H18N2O5/c1-3-11-4-5-14(23-11)13(9-22-2)18-15(19)12-8-10(16(20)21)6-7-17-12/h4-8,13H,3,9H2,1-2H3,(H,18,19)(H,20,21). The Labute approximate surface area is 133 Å². The number of hydrogen-bond donors (Lipinski definition) is 2. The Morgan fingerprint density at radius 1 is 1.39 bits per heavy atom. The van der Waals surface area contributed by atoms with Crippen molar-refractivity contribution in [2.45, 2.75) is 19.4 Å². The van der Waals surface area contributed by atoms with Crippen molar-refractivity contribution in [3.63, 3.8) is 0 Å². The molecule has 0 bridgehead atoms. The number of furan rings is 1. The van der Waals surface area contributed by atoms with E-state index in [4.69, 9.17) is 14.3 Å². The molecule has 2 rings (SSSR count). The Morgan fingerprint density at radius 3 is 2.78 bits per heavy atom. The fraction of sp³-hybridized carbons (Fsp3) is 0.312. The average Bonchev–Trinajstić information content (AvgIpc) is 3.03. The number of methoxy groups -OCH3 is 1. The molecule has 0 aromatic carbocycles. The van der Waals surface area contributed by atoms with Crippen molar-refractivity contribution in [3.8, 4) is 0 Å². The number of hydrogen-bond acceptors (Lipinski definition) is 5. The Hall–Kier alpha value is -2.67. The van der Waals surface area contributed by atoms with Gasteiger partial charge in [-0.1, -0.05) is 6.92 Å². The van der Waals surface area contributed by atoms with E-state index < -0.39 is 17.9 Å². The quantitative estimate of drug-likeness (QED) is 0.810. The molecule has 0 fully saturated rings. The summed E-state index contributed by atoms with van der Waals surface area (Å²) in [4.78, 5) is 27.2. The molecule has 0 aliphatic rings. The maximum absolute atomic E-state index is 12.3. The van der Waals surface area contributed by atoms with Gasteiger partial charge in [-0.2, -0.15) is 0 Å². The van der Waals surface area contributed by atoms with E-state index in [1.165, 1.54) is 25.4 Å². The van der Waals surface area contributed by atoms with Crippen molar-refractivity contribution < 1.29 is 23.8 Å². The number of nitrogens with one attached hydrogen (secondary N) is 1. The average molecular weight is 318 g/mol. The minimum absolute atomic E-state index is 0.000269. The zero-order valence-corrected chi connectivity index (χ0v) is 12.9. The van der Waals surface area contributed by atoms with Gasteiger partial charge in [-0.15, -0.1) is 0 Å². The maximum atomic E-state index is 12.3. The number of aromatic carboxylic acids is 1. The summed E-state index contributed by atoms with van der Waals surface area (Å²) in [5, 5.41) is 11.7. The second-order valence-electron chi connectivity index (χ2n) is 4.87. The van der Waals surface area contributed by atoms with Crippen molar-refractivity contribution in [1.82, 2.24) is 10.3 Å². The van der Waals surface area contributed by atoms with E-state index in [0.717, 1.165) is 12.2 Å². The van der Waals surface area contributed by atoms with Gasteiger partial charge in [0.15, 0.2) is 0 Å². The molecule has 1 atom stereocenters. The number of aryl methyl sites for hydroxylation is 1. The third-order valence-electron chi connectivity index (χ3n) is 3.25. The lowest BCUT2D eigenvalue weighted by molar-refractivity contribution is 0.0696. The van der Waals surface area contributed by atoms with Crippen LogP contribution in [0.1, 0.15) is 45.3 Å². The number of nitrogens with zero attached hydrogens (tertiary/aromatic N) is 1. The van der Waals surface area contributed by atoms with Gasteiger partial charge < -0.3 is 19.6 Å². The molecule has 0 aliphatic heterocycles. The van der Waals surface area contributed by atoms with Crippen LogP contribution in [0.15, 0.2) is 34.9 Å². The van der Waals surface area contributed by atoms with Crippen LogP contribution in [0.5, 0.6) is 0 Å². The van der Waals surface area contributed by atoms with E-state index in [2.05, 4.69) is 10.3 Å². The lowest BCUT2D eigenvalue weighted by atomic mass is 10.2. The minimum Gasteiger partial charge on any atom is -0.478 e. The van der Waals surface area contributed by atoms with Gasteiger partial charge in [-0.05, 0) is 24.3 Å². The van der Waals surface area contributed by atoms with Crippen LogP contribution >= 0.6 is 0 Å². The molecule has 2 aromatic rings. The van der Waals surface area contributed by atoms with Gasteiger partial charge in [0, 0.05) is 19.7 Å². The number of amides is 1. The highest BCUT2D eigenvalue weighted by molar-refractivity contribution is 5.95. The van der Waals surface area contributed by atoms with E-state index >= 15 is 0 Å². The molecular weight excluding hydrogens is 300 g/mol. The van der Waals surface area contributed by atoms with Gasteiger partial charge >= 0.3 is 5.97 Å². The molecule has 0 aliphatic carbocycles. The van der Waals surface area contributed by atoms with Gasteiger partial charge in [-0.25, -0.2) is 4.79 Å². The van der Waals surface area contributed by atoms with Crippen LogP contribution < -0.4 is 5.32 Å². The van der Waals surface area contributed by atoms with Crippen molar-refractivity contribution in [2.75, 3.05) is 13.7 Å². The lowest BCUT2D eigenvalue weighted by Crippen LogP contribution is -2.31. The summed E-state index contributed by atoms with van der Waals surface area (Å²) in [7, 11) is 1.52. The summed E-state index contributed by atoms with van der Waals surface area (Å²) in [6.07, 6.45) is 2.03. The Morgan fingerprint density at radius 2 is 2.17 bits per heavy atom. The molecule has 2 aromatic heterocycles.